The number of amides is 1. The summed E-state index contributed by atoms with van der Waals surface area (Å²) in [6.45, 7) is 1.56. The Morgan fingerprint density at radius 3 is 2.66 bits per heavy atom. The fraction of sp³-hybridized carbons (Fsp3) is 0.280. The van der Waals surface area contributed by atoms with Crippen molar-refractivity contribution in [1.82, 2.24) is 9.88 Å². The predicted molar refractivity (Wildman–Crippen MR) is 115 cm³/mol. The van der Waals surface area contributed by atoms with Crippen molar-refractivity contribution in [2.24, 2.45) is 0 Å². The molecule has 0 bridgehead atoms. The highest BCUT2D eigenvalue weighted by Gasteiger charge is 2.26. The first-order valence-electron chi connectivity index (χ1n) is 10.2. The van der Waals surface area contributed by atoms with Gasteiger partial charge < -0.3 is 9.64 Å². The van der Waals surface area contributed by atoms with Crippen LogP contribution in [0.1, 0.15) is 30.0 Å². The number of para-hydroxylation sites is 1. The molecule has 1 aromatic heterocycles. The van der Waals surface area contributed by atoms with E-state index in [0.29, 0.717) is 6.42 Å². The lowest BCUT2D eigenvalue weighted by atomic mass is 9.93. The zero-order valence-corrected chi connectivity index (χ0v) is 16.8. The summed E-state index contributed by atoms with van der Waals surface area (Å²) in [4.78, 5) is 19.7. The van der Waals surface area contributed by atoms with Gasteiger partial charge in [0.25, 0.3) is 0 Å². The van der Waals surface area contributed by atoms with Crippen molar-refractivity contribution in [3.63, 3.8) is 0 Å². The Morgan fingerprint density at radius 1 is 1.03 bits per heavy atom. The molecule has 0 N–H and O–H groups in total. The number of methoxy groups -OCH3 is 1. The van der Waals surface area contributed by atoms with Gasteiger partial charge in [0.1, 0.15) is 5.75 Å². The maximum atomic E-state index is 12.8. The van der Waals surface area contributed by atoms with Crippen LogP contribution in [0.5, 0.6) is 5.75 Å². The molecule has 1 atom stereocenters. The SMILES string of the molecule is COc1ccccc1-c1cccc(C2CCCN(C(=O)Cc3ccccc3)C2)n1. The van der Waals surface area contributed by atoms with E-state index in [0.717, 1.165) is 54.2 Å². The van der Waals surface area contributed by atoms with Gasteiger partial charge in [-0.3, -0.25) is 9.78 Å². The van der Waals surface area contributed by atoms with E-state index in [9.17, 15) is 4.79 Å². The van der Waals surface area contributed by atoms with Gasteiger partial charge in [-0.15, -0.1) is 0 Å². The standard InChI is InChI=1S/C25H26N2O2/c1-29-24-15-6-5-12-21(24)23-14-7-13-22(26-23)20-11-8-16-27(18-20)25(28)17-19-9-3-2-4-10-19/h2-7,9-10,12-15,20H,8,11,16-18H2,1H3. The van der Waals surface area contributed by atoms with Gasteiger partial charge in [0.2, 0.25) is 5.91 Å². The Bertz CT molecular complexity index is 971. The van der Waals surface area contributed by atoms with Crippen LogP contribution in [0.15, 0.2) is 72.8 Å². The van der Waals surface area contributed by atoms with Crippen LogP contribution in [0.3, 0.4) is 0 Å². The number of aromatic nitrogens is 1. The molecule has 1 unspecified atom stereocenters. The number of piperidine rings is 1. The average molecular weight is 386 g/mol. The van der Waals surface area contributed by atoms with Crippen molar-refractivity contribution in [2.45, 2.75) is 25.2 Å². The average Bonchev–Trinajstić information content (AvgIpc) is 2.80. The quantitative estimate of drug-likeness (QED) is 0.638. The lowest BCUT2D eigenvalue weighted by Crippen LogP contribution is -2.40. The van der Waals surface area contributed by atoms with Crippen LogP contribution in [0, 0.1) is 0 Å². The minimum Gasteiger partial charge on any atom is -0.496 e. The Labute approximate surface area is 172 Å². The summed E-state index contributed by atoms with van der Waals surface area (Å²) in [5, 5.41) is 0. The van der Waals surface area contributed by atoms with Gasteiger partial charge in [-0.1, -0.05) is 48.5 Å². The Balaban J connectivity index is 1.50. The largest absolute Gasteiger partial charge is 0.496 e. The fourth-order valence-corrected chi connectivity index (χ4v) is 4.01. The number of hydrogen-bond acceptors (Lipinski definition) is 3. The topological polar surface area (TPSA) is 42.4 Å². The van der Waals surface area contributed by atoms with Crippen molar-refractivity contribution in [3.8, 4) is 17.0 Å². The van der Waals surface area contributed by atoms with Gasteiger partial charge in [-0.05, 0) is 42.7 Å². The van der Waals surface area contributed by atoms with E-state index < -0.39 is 0 Å². The molecule has 4 heteroatoms. The smallest absolute Gasteiger partial charge is 0.227 e. The van der Waals surface area contributed by atoms with Gasteiger partial charge >= 0.3 is 0 Å². The van der Waals surface area contributed by atoms with E-state index >= 15 is 0 Å². The molecular weight excluding hydrogens is 360 g/mol. The minimum absolute atomic E-state index is 0.196. The molecule has 1 amide bonds. The molecule has 4 rings (SSSR count). The van der Waals surface area contributed by atoms with E-state index in [-0.39, 0.29) is 11.8 Å². The van der Waals surface area contributed by atoms with Crippen molar-refractivity contribution in [3.05, 3.63) is 84.1 Å². The summed E-state index contributed by atoms with van der Waals surface area (Å²) < 4.78 is 5.50. The van der Waals surface area contributed by atoms with E-state index in [4.69, 9.17) is 9.72 Å². The maximum absolute atomic E-state index is 12.8. The summed E-state index contributed by atoms with van der Waals surface area (Å²) in [5.41, 5.74) is 4.01. The molecule has 0 saturated carbocycles. The summed E-state index contributed by atoms with van der Waals surface area (Å²) in [7, 11) is 1.68. The third-order valence-electron chi connectivity index (χ3n) is 5.54. The first kappa shape index (κ1) is 19.2. The highest BCUT2D eigenvalue weighted by Crippen LogP contribution is 2.31. The molecular formula is C25H26N2O2. The third kappa shape index (κ3) is 4.48. The Hall–Kier alpha value is -3.14. The minimum atomic E-state index is 0.196. The van der Waals surface area contributed by atoms with Gasteiger partial charge in [-0.25, -0.2) is 0 Å². The van der Waals surface area contributed by atoms with Crippen LogP contribution >= 0.6 is 0 Å². The highest BCUT2D eigenvalue weighted by atomic mass is 16.5. The fourth-order valence-electron chi connectivity index (χ4n) is 4.01. The molecule has 0 spiro atoms. The van der Waals surface area contributed by atoms with E-state index in [1.54, 1.807) is 7.11 Å². The van der Waals surface area contributed by atoms with E-state index in [1.165, 1.54) is 0 Å². The van der Waals surface area contributed by atoms with E-state index in [2.05, 4.69) is 12.1 Å². The number of carbonyl (C=O) groups is 1. The second-order valence-electron chi connectivity index (χ2n) is 7.49. The molecule has 1 saturated heterocycles. The number of hydrogen-bond donors (Lipinski definition) is 0. The molecule has 2 heterocycles. The number of likely N-dealkylation sites (tertiary alicyclic amines) is 1. The van der Waals surface area contributed by atoms with Crippen molar-refractivity contribution in [1.29, 1.82) is 0 Å². The van der Waals surface area contributed by atoms with Crippen LogP contribution < -0.4 is 4.74 Å². The monoisotopic (exact) mass is 386 g/mol. The van der Waals surface area contributed by atoms with Crippen molar-refractivity contribution in [2.75, 3.05) is 20.2 Å². The molecule has 0 aliphatic carbocycles. The summed E-state index contributed by atoms with van der Waals surface area (Å²) >= 11 is 0. The summed E-state index contributed by atoms with van der Waals surface area (Å²) in [5.74, 6) is 1.28. The zero-order chi connectivity index (χ0) is 20.1. The molecule has 4 nitrogen and oxygen atoms in total. The number of nitrogens with zero attached hydrogens (tertiary/aromatic N) is 2. The molecule has 1 aliphatic heterocycles. The van der Waals surface area contributed by atoms with Gasteiger partial charge in [0.15, 0.2) is 0 Å². The number of ether oxygens (including phenoxy) is 1. The predicted octanol–water partition coefficient (Wildman–Crippen LogP) is 4.71. The zero-order valence-electron chi connectivity index (χ0n) is 16.8. The number of carbonyl (C=O) groups excluding carboxylic acids is 1. The summed E-state index contributed by atoms with van der Waals surface area (Å²) in [6.07, 6.45) is 2.52. The first-order chi connectivity index (χ1) is 14.2. The lowest BCUT2D eigenvalue weighted by molar-refractivity contribution is -0.131. The molecule has 0 radical (unpaired) electrons. The van der Waals surface area contributed by atoms with Gasteiger partial charge in [0, 0.05) is 30.3 Å². The second kappa shape index (κ2) is 8.91. The third-order valence-corrected chi connectivity index (χ3v) is 5.54. The normalized spacial score (nSPS) is 16.4. The maximum Gasteiger partial charge on any atom is 0.227 e. The molecule has 1 aliphatic rings. The molecule has 29 heavy (non-hydrogen) atoms. The van der Waals surface area contributed by atoms with Crippen LogP contribution in [0.2, 0.25) is 0 Å². The first-order valence-corrected chi connectivity index (χ1v) is 10.2. The summed E-state index contributed by atoms with van der Waals surface area (Å²) in [6, 6.07) is 24.0. The molecule has 1 fully saturated rings. The van der Waals surface area contributed by atoms with Crippen LogP contribution in [-0.4, -0.2) is 36.0 Å². The molecule has 2 aromatic carbocycles. The highest BCUT2D eigenvalue weighted by molar-refractivity contribution is 5.79. The van der Waals surface area contributed by atoms with Crippen molar-refractivity contribution < 1.29 is 9.53 Å². The lowest BCUT2D eigenvalue weighted by Gasteiger charge is -2.32. The van der Waals surface area contributed by atoms with Crippen LogP contribution in [-0.2, 0) is 11.2 Å². The number of pyridine rings is 1. The Morgan fingerprint density at radius 2 is 1.83 bits per heavy atom. The van der Waals surface area contributed by atoms with E-state index in [1.807, 2.05) is 65.6 Å². The second-order valence-corrected chi connectivity index (χ2v) is 7.49. The van der Waals surface area contributed by atoms with Crippen molar-refractivity contribution >= 4 is 5.91 Å². The number of benzene rings is 2. The Kier molecular flexibility index (Phi) is 5.89. The van der Waals surface area contributed by atoms with Crippen LogP contribution in [0.25, 0.3) is 11.3 Å². The number of rotatable bonds is 5. The van der Waals surface area contributed by atoms with Crippen LogP contribution in [0.4, 0.5) is 0 Å². The van der Waals surface area contributed by atoms with Gasteiger partial charge in [-0.2, -0.15) is 0 Å². The molecule has 3 aromatic rings. The molecule has 148 valence electrons. The van der Waals surface area contributed by atoms with Gasteiger partial charge in [0.05, 0.1) is 19.2 Å².